The summed E-state index contributed by atoms with van der Waals surface area (Å²) in [5.41, 5.74) is 5.09. The molecule has 5 rings (SSSR count). The molecule has 0 unspecified atom stereocenters. The Morgan fingerprint density at radius 3 is 2.55 bits per heavy atom. The molecule has 2 aromatic heterocycles. The minimum atomic E-state index is 0.404. The van der Waals surface area contributed by atoms with Crippen LogP contribution in [0.4, 0.5) is 5.82 Å². The summed E-state index contributed by atoms with van der Waals surface area (Å²) >= 11 is 6.46. The van der Waals surface area contributed by atoms with Crippen LogP contribution >= 0.6 is 11.6 Å². The first-order chi connectivity index (χ1) is 15.2. The van der Waals surface area contributed by atoms with Crippen molar-refractivity contribution in [1.82, 2.24) is 19.5 Å². The largest absolute Gasteiger partial charge is 0.367 e. The molecule has 0 spiro atoms. The van der Waals surface area contributed by atoms with Crippen LogP contribution in [-0.4, -0.2) is 46.5 Å². The maximum Gasteiger partial charge on any atom is 0.151 e. The van der Waals surface area contributed by atoms with Gasteiger partial charge in [-0.15, -0.1) is 0 Å². The monoisotopic (exact) mass is 429 g/mol. The van der Waals surface area contributed by atoms with Crippen molar-refractivity contribution in [2.24, 2.45) is 0 Å². The van der Waals surface area contributed by atoms with Crippen molar-refractivity contribution in [2.45, 2.75) is 25.4 Å². The molecular weight excluding hydrogens is 405 g/mol. The quantitative estimate of drug-likeness (QED) is 0.494. The van der Waals surface area contributed by atoms with Gasteiger partial charge in [-0.3, -0.25) is 4.90 Å². The average Bonchev–Trinajstić information content (AvgIpc) is 3.17. The molecule has 1 N–H and O–H groups in total. The van der Waals surface area contributed by atoms with Gasteiger partial charge in [-0.25, -0.2) is 4.98 Å². The molecule has 0 atom stereocenters. The fraction of sp³-hybridized carbons (Fsp3) is 0.250. The van der Waals surface area contributed by atoms with Gasteiger partial charge in [0.25, 0.3) is 0 Å². The van der Waals surface area contributed by atoms with Crippen LogP contribution in [0, 0.1) is 0 Å². The zero-order valence-electron chi connectivity index (χ0n) is 17.6. The molecule has 0 amide bonds. The zero-order chi connectivity index (χ0) is 21.2. The summed E-state index contributed by atoms with van der Waals surface area (Å²) < 4.78 is 1.91. The summed E-state index contributed by atoms with van der Waals surface area (Å²) in [7, 11) is 2.04. The first-order valence-electron chi connectivity index (χ1n) is 10.8. The maximum absolute atomic E-state index is 6.46. The minimum Gasteiger partial charge on any atom is -0.367 e. The van der Waals surface area contributed by atoms with Crippen molar-refractivity contribution >= 4 is 36.4 Å². The predicted molar refractivity (Wildman–Crippen MR) is 130 cm³/mol. The Balaban J connectivity index is 1.35. The van der Waals surface area contributed by atoms with E-state index in [-0.39, 0.29) is 0 Å². The molecule has 1 saturated heterocycles. The third-order valence-corrected chi connectivity index (χ3v) is 6.32. The lowest BCUT2D eigenvalue weighted by Crippen LogP contribution is -2.39. The van der Waals surface area contributed by atoms with Crippen molar-refractivity contribution in [2.75, 3.05) is 18.4 Å². The van der Waals surface area contributed by atoms with Crippen LogP contribution in [0.3, 0.4) is 0 Å². The fourth-order valence-electron chi connectivity index (χ4n) is 4.27. The number of likely N-dealkylation sites (tertiary alicyclic amines) is 1. The molecular formula is C24H25BClN5. The fourth-order valence-corrected chi connectivity index (χ4v) is 4.50. The Morgan fingerprint density at radius 1 is 1.03 bits per heavy atom. The summed E-state index contributed by atoms with van der Waals surface area (Å²) in [5, 5.41) is 9.01. The van der Waals surface area contributed by atoms with E-state index in [0.29, 0.717) is 11.1 Å². The van der Waals surface area contributed by atoms with Crippen LogP contribution in [0.2, 0.25) is 5.02 Å². The number of nitrogens with zero attached hydrogens (tertiary/aromatic N) is 4. The molecule has 0 saturated carbocycles. The number of rotatable bonds is 5. The summed E-state index contributed by atoms with van der Waals surface area (Å²) in [4.78, 5) is 7.38. The third-order valence-electron chi connectivity index (χ3n) is 5.99. The number of benzene rings is 2. The molecule has 156 valence electrons. The highest BCUT2D eigenvalue weighted by atomic mass is 35.5. The number of hydrogen-bond donors (Lipinski definition) is 1. The van der Waals surface area contributed by atoms with Gasteiger partial charge in [0.15, 0.2) is 5.65 Å². The summed E-state index contributed by atoms with van der Waals surface area (Å²) in [6, 6.07) is 21.0. The second kappa shape index (κ2) is 8.73. The van der Waals surface area contributed by atoms with E-state index in [4.69, 9.17) is 16.6 Å². The Hall–Kier alpha value is -2.83. The molecule has 31 heavy (non-hydrogen) atoms. The average molecular weight is 430 g/mol. The SMILES string of the molecule is Bc1cnn2c(NC3CCN(Cc4ccccc4)CC3)cc(-c3ccccc3Cl)nc12. The second-order valence-electron chi connectivity index (χ2n) is 8.25. The molecule has 3 heterocycles. The van der Waals surface area contributed by atoms with Gasteiger partial charge in [0.1, 0.15) is 13.7 Å². The number of fused-ring (bicyclic) bond motifs is 1. The lowest BCUT2D eigenvalue weighted by atomic mass is 10.0. The molecule has 1 aliphatic rings. The first kappa shape index (κ1) is 20.1. The van der Waals surface area contributed by atoms with Gasteiger partial charge in [0, 0.05) is 48.5 Å². The Morgan fingerprint density at radius 2 is 1.77 bits per heavy atom. The summed E-state index contributed by atoms with van der Waals surface area (Å²) in [6.45, 7) is 3.18. The van der Waals surface area contributed by atoms with Crippen molar-refractivity contribution in [1.29, 1.82) is 0 Å². The van der Waals surface area contributed by atoms with Gasteiger partial charge in [-0.05, 0) is 29.9 Å². The van der Waals surface area contributed by atoms with Crippen molar-refractivity contribution in [3.8, 4) is 11.3 Å². The zero-order valence-corrected chi connectivity index (χ0v) is 18.4. The molecule has 1 aliphatic heterocycles. The van der Waals surface area contributed by atoms with Crippen LogP contribution in [0.5, 0.6) is 0 Å². The molecule has 5 nitrogen and oxygen atoms in total. The summed E-state index contributed by atoms with van der Waals surface area (Å²) in [5.74, 6) is 0.967. The number of hydrogen-bond acceptors (Lipinski definition) is 4. The van der Waals surface area contributed by atoms with Gasteiger partial charge in [-0.1, -0.05) is 60.1 Å². The van der Waals surface area contributed by atoms with Gasteiger partial charge in [0.2, 0.25) is 0 Å². The van der Waals surface area contributed by atoms with E-state index < -0.39 is 0 Å². The predicted octanol–water partition coefficient (Wildman–Crippen LogP) is 3.38. The van der Waals surface area contributed by atoms with Crippen LogP contribution in [0.1, 0.15) is 18.4 Å². The van der Waals surface area contributed by atoms with Gasteiger partial charge in [0.05, 0.1) is 5.69 Å². The van der Waals surface area contributed by atoms with E-state index in [1.165, 1.54) is 5.56 Å². The maximum atomic E-state index is 6.46. The van der Waals surface area contributed by atoms with Crippen LogP contribution in [-0.2, 0) is 6.54 Å². The summed E-state index contributed by atoms with van der Waals surface area (Å²) in [6.07, 6.45) is 4.06. The lowest BCUT2D eigenvalue weighted by Gasteiger charge is -2.33. The normalized spacial score (nSPS) is 15.4. The minimum absolute atomic E-state index is 0.404. The number of anilines is 1. The van der Waals surface area contributed by atoms with Gasteiger partial charge >= 0.3 is 0 Å². The second-order valence-corrected chi connectivity index (χ2v) is 8.66. The van der Waals surface area contributed by atoms with Gasteiger partial charge in [-0.2, -0.15) is 9.61 Å². The molecule has 7 heteroatoms. The van der Waals surface area contributed by atoms with Crippen LogP contribution in [0.15, 0.2) is 66.9 Å². The Kier molecular flexibility index (Phi) is 5.66. The van der Waals surface area contributed by atoms with Crippen molar-refractivity contribution in [3.05, 3.63) is 77.4 Å². The number of aromatic nitrogens is 3. The standard InChI is InChI=1S/C24H25BClN5/c25-20-15-27-31-23(14-22(29-24(20)31)19-8-4-5-9-21(19)26)28-18-10-12-30(13-11-18)16-17-6-2-1-3-7-17/h1-9,14-15,18,28H,10-13,16,25H2. The van der Waals surface area contributed by atoms with E-state index >= 15 is 0 Å². The van der Waals surface area contributed by atoms with Crippen LogP contribution < -0.4 is 10.8 Å². The highest BCUT2D eigenvalue weighted by Gasteiger charge is 2.21. The number of nitrogens with one attached hydrogen (secondary N) is 1. The molecule has 0 aliphatic carbocycles. The highest BCUT2D eigenvalue weighted by Crippen LogP contribution is 2.29. The smallest absolute Gasteiger partial charge is 0.151 e. The van der Waals surface area contributed by atoms with E-state index in [0.717, 1.165) is 60.7 Å². The van der Waals surface area contributed by atoms with Gasteiger partial charge < -0.3 is 5.32 Å². The number of piperidine rings is 1. The van der Waals surface area contributed by atoms with E-state index in [1.54, 1.807) is 0 Å². The van der Waals surface area contributed by atoms with E-state index in [1.807, 2.05) is 42.8 Å². The molecule has 4 aromatic rings. The highest BCUT2D eigenvalue weighted by molar-refractivity contribution is 6.36. The Labute approximate surface area is 188 Å². The molecule has 0 radical (unpaired) electrons. The van der Waals surface area contributed by atoms with E-state index in [2.05, 4.69) is 51.7 Å². The van der Waals surface area contributed by atoms with Crippen molar-refractivity contribution in [3.63, 3.8) is 0 Å². The van der Waals surface area contributed by atoms with Crippen LogP contribution in [0.25, 0.3) is 16.9 Å². The topological polar surface area (TPSA) is 45.5 Å². The molecule has 1 fully saturated rings. The Bertz CT molecular complexity index is 1190. The lowest BCUT2D eigenvalue weighted by molar-refractivity contribution is 0.211. The molecule has 2 aromatic carbocycles. The van der Waals surface area contributed by atoms with E-state index in [9.17, 15) is 0 Å². The third kappa shape index (κ3) is 4.32. The van der Waals surface area contributed by atoms with Crippen molar-refractivity contribution < 1.29 is 0 Å². The first-order valence-corrected chi connectivity index (χ1v) is 11.2. The number of halogens is 1. The molecule has 0 bridgehead atoms.